The molecule has 14 heavy (non-hydrogen) atoms. The van der Waals surface area contributed by atoms with E-state index in [9.17, 15) is 0 Å². The Bertz CT molecular complexity index is 438. The molecule has 1 aromatic heterocycles. The summed E-state index contributed by atoms with van der Waals surface area (Å²) in [5, 5.41) is 6.70. The van der Waals surface area contributed by atoms with Gasteiger partial charge in [0.05, 0.1) is 0 Å². The molecule has 4 nitrogen and oxygen atoms in total. The molecule has 2 aromatic rings. The molecule has 0 spiro atoms. The first kappa shape index (κ1) is 9.21. The lowest BCUT2D eigenvalue weighted by Gasteiger charge is -2.01. The van der Waals surface area contributed by atoms with Crippen LogP contribution in [0.1, 0.15) is 11.4 Å². The van der Waals surface area contributed by atoms with Crippen LogP contribution in [0.5, 0.6) is 0 Å². The molecule has 0 bridgehead atoms. The molecule has 0 saturated heterocycles. The highest BCUT2D eigenvalue weighted by molar-refractivity contribution is 9.10. The van der Waals surface area contributed by atoms with Gasteiger partial charge in [-0.05, 0) is 27.6 Å². The SMILES string of the molecule is Nc1ccccc1Cc1nc(Br)n[nH]1. The normalized spacial score (nSPS) is 10.4. The van der Waals surface area contributed by atoms with Crippen molar-refractivity contribution in [1.29, 1.82) is 0 Å². The second-order valence-corrected chi connectivity index (χ2v) is 3.64. The first-order valence-electron chi connectivity index (χ1n) is 4.16. The van der Waals surface area contributed by atoms with Crippen molar-refractivity contribution in [3.05, 3.63) is 40.4 Å². The predicted octanol–water partition coefficient (Wildman–Crippen LogP) is 1.74. The third-order valence-corrected chi connectivity index (χ3v) is 2.27. The van der Waals surface area contributed by atoms with Gasteiger partial charge in [-0.2, -0.15) is 0 Å². The number of para-hydroxylation sites is 1. The lowest BCUT2D eigenvalue weighted by atomic mass is 10.1. The number of anilines is 1. The van der Waals surface area contributed by atoms with E-state index in [0.717, 1.165) is 17.1 Å². The van der Waals surface area contributed by atoms with E-state index < -0.39 is 0 Å². The minimum absolute atomic E-state index is 0.571. The number of aromatic nitrogens is 3. The number of nitrogen functional groups attached to an aromatic ring is 1. The molecule has 0 aliphatic carbocycles. The lowest BCUT2D eigenvalue weighted by Crippen LogP contribution is -1.96. The van der Waals surface area contributed by atoms with Gasteiger partial charge in [0.2, 0.25) is 4.73 Å². The van der Waals surface area contributed by atoms with Gasteiger partial charge < -0.3 is 5.73 Å². The van der Waals surface area contributed by atoms with E-state index in [0.29, 0.717) is 11.2 Å². The monoisotopic (exact) mass is 252 g/mol. The number of nitrogens with one attached hydrogen (secondary N) is 1. The average molecular weight is 253 g/mol. The van der Waals surface area contributed by atoms with Gasteiger partial charge in [0.25, 0.3) is 0 Å². The van der Waals surface area contributed by atoms with Crippen LogP contribution in [0.4, 0.5) is 5.69 Å². The second-order valence-electron chi connectivity index (χ2n) is 2.93. The van der Waals surface area contributed by atoms with Crippen LogP contribution in [0, 0.1) is 0 Å². The summed E-state index contributed by atoms with van der Waals surface area (Å²) in [5.74, 6) is 0.801. The van der Waals surface area contributed by atoms with E-state index in [1.807, 2.05) is 24.3 Å². The first-order chi connectivity index (χ1) is 6.75. The minimum atomic E-state index is 0.571. The van der Waals surface area contributed by atoms with Crippen LogP contribution in [-0.4, -0.2) is 15.2 Å². The summed E-state index contributed by atoms with van der Waals surface area (Å²) in [4.78, 5) is 4.14. The van der Waals surface area contributed by atoms with Gasteiger partial charge in [-0.3, -0.25) is 5.10 Å². The van der Waals surface area contributed by atoms with Crippen molar-refractivity contribution in [2.24, 2.45) is 0 Å². The fourth-order valence-electron chi connectivity index (χ4n) is 1.23. The summed E-state index contributed by atoms with van der Waals surface area (Å²) in [7, 11) is 0. The third-order valence-electron chi connectivity index (χ3n) is 1.92. The minimum Gasteiger partial charge on any atom is -0.398 e. The Labute approximate surface area is 89.7 Å². The number of halogens is 1. The quantitative estimate of drug-likeness (QED) is 0.801. The summed E-state index contributed by atoms with van der Waals surface area (Å²) >= 11 is 3.18. The fourth-order valence-corrected chi connectivity index (χ4v) is 1.53. The van der Waals surface area contributed by atoms with Crippen molar-refractivity contribution < 1.29 is 0 Å². The molecule has 0 atom stereocenters. The largest absolute Gasteiger partial charge is 0.398 e. The predicted molar refractivity (Wildman–Crippen MR) is 57.7 cm³/mol. The number of nitrogens with zero attached hydrogens (tertiary/aromatic N) is 2. The lowest BCUT2D eigenvalue weighted by molar-refractivity contribution is 0.973. The number of H-pyrrole nitrogens is 1. The highest BCUT2D eigenvalue weighted by Gasteiger charge is 2.03. The van der Waals surface area contributed by atoms with Gasteiger partial charge in [-0.25, -0.2) is 4.98 Å². The molecular weight excluding hydrogens is 244 g/mol. The van der Waals surface area contributed by atoms with E-state index in [4.69, 9.17) is 5.73 Å². The van der Waals surface area contributed by atoms with E-state index in [1.54, 1.807) is 0 Å². The standard InChI is InChI=1S/C9H9BrN4/c10-9-12-8(13-14-9)5-6-3-1-2-4-7(6)11/h1-4H,5,11H2,(H,12,13,14). The van der Waals surface area contributed by atoms with Gasteiger partial charge in [0, 0.05) is 12.1 Å². The van der Waals surface area contributed by atoms with Gasteiger partial charge in [0.15, 0.2) is 0 Å². The molecule has 5 heteroatoms. The molecule has 0 amide bonds. The molecule has 0 aliphatic rings. The molecule has 0 fully saturated rings. The Balaban J connectivity index is 2.23. The zero-order valence-electron chi connectivity index (χ0n) is 7.37. The molecule has 0 aliphatic heterocycles. The number of rotatable bonds is 2. The molecule has 3 N–H and O–H groups in total. The maximum absolute atomic E-state index is 5.80. The van der Waals surface area contributed by atoms with Crippen LogP contribution in [0.3, 0.4) is 0 Å². The van der Waals surface area contributed by atoms with Crippen molar-refractivity contribution >= 4 is 21.6 Å². The topological polar surface area (TPSA) is 67.6 Å². The highest BCUT2D eigenvalue weighted by Crippen LogP contribution is 2.14. The summed E-state index contributed by atoms with van der Waals surface area (Å²) in [5.41, 5.74) is 7.63. The maximum atomic E-state index is 5.80. The molecule has 0 saturated carbocycles. The summed E-state index contributed by atoms with van der Waals surface area (Å²) in [6.45, 7) is 0. The molecule has 0 radical (unpaired) electrons. The van der Waals surface area contributed by atoms with Crippen LogP contribution in [0.15, 0.2) is 29.0 Å². The molecular formula is C9H9BrN4. The Morgan fingerprint density at radius 1 is 1.36 bits per heavy atom. The Morgan fingerprint density at radius 2 is 2.14 bits per heavy atom. The average Bonchev–Trinajstić information content (AvgIpc) is 2.56. The Morgan fingerprint density at radius 3 is 2.79 bits per heavy atom. The number of nitrogens with two attached hydrogens (primary N) is 1. The summed E-state index contributed by atoms with van der Waals surface area (Å²) in [6.07, 6.45) is 0.672. The van der Waals surface area contributed by atoms with Crippen LogP contribution in [0.2, 0.25) is 0 Å². The highest BCUT2D eigenvalue weighted by atomic mass is 79.9. The van der Waals surface area contributed by atoms with Crippen LogP contribution >= 0.6 is 15.9 Å². The molecule has 2 rings (SSSR count). The first-order valence-corrected chi connectivity index (χ1v) is 4.95. The molecule has 0 unspecified atom stereocenters. The third kappa shape index (κ3) is 1.93. The fraction of sp³-hybridized carbons (Fsp3) is 0.111. The molecule has 72 valence electrons. The zero-order valence-corrected chi connectivity index (χ0v) is 8.95. The van der Waals surface area contributed by atoms with Crippen LogP contribution in [0.25, 0.3) is 0 Å². The number of hydrogen-bond donors (Lipinski definition) is 2. The maximum Gasteiger partial charge on any atom is 0.217 e. The van der Waals surface area contributed by atoms with Crippen LogP contribution in [-0.2, 0) is 6.42 Å². The summed E-state index contributed by atoms with van der Waals surface area (Å²) in [6, 6.07) is 7.72. The van der Waals surface area contributed by atoms with E-state index >= 15 is 0 Å². The Hall–Kier alpha value is -1.36. The number of hydrogen-bond acceptors (Lipinski definition) is 3. The van der Waals surface area contributed by atoms with Crippen molar-refractivity contribution in [2.45, 2.75) is 6.42 Å². The number of benzene rings is 1. The summed E-state index contributed by atoms with van der Waals surface area (Å²) < 4.78 is 0.571. The van der Waals surface area contributed by atoms with Crippen molar-refractivity contribution in [2.75, 3.05) is 5.73 Å². The molecule has 1 heterocycles. The zero-order chi connectivity index (χ0) is 9.97. The van der Waals surface area contributed by atoms with Gasteiger partial charge in [-0.1, -0.05) is 18.2 Å². The van der Waals surface area contributed by atoms with Gasteiger partial charge >= 0.3 is 0 Å². The number of aromatic amines is 1. The van der Waals surface area contributed by atoms with E-state index in [-0.39, 0.29) is 0 Å². The van der Waals surface area contributed by atoms with Gasteiger partial charge in [-0.15, -0.1) is 5.10 Å². The van der Waals surface area contributed by atoms with E-state index in [1.165, 1.54) is 0 Å². The van der Waals surface area contributed by atoms with Crippen LogP contribution < -0.4 is 5.73 Å². The van der Waals surface area contributed by atoms with Gasteiger partial charge in [0.1, 0.15) is 5.82 Å². The van der Waals surface area contributed by atoms with Crippen molar-refractivity contribution in [3.8, 4) is 0 Å². The second kappa shape index (κ2) is 3.79. The van der Waals surface area contributed by atoms with E-state index in [2.05, 4.69) is 31.1 Å². The van der Waals surface area contributed by atoms with Crippen molar-refractivity contribution in [1.82, 2.24) is 15.2 Å². The van der Waals surface area contributed by atoms with Crippen molar-refractivity contribution in [3.63, 3.8) is 0 Å². The Kier molecular flexibility index (Phi) is 2.49. The molecule has 1 aromatic carbocycles. The smallest absolute Gasteiger partial charge is 0.217 e.